The second-order valence-corrected chi connectivity index (χ2v) is 8.56. The van der Waals surface area contributed by atoms with Crippen LogP contribution in [0.4, 0.5) is 5.69 Å². The van der Waals surface area contributed by atoms with Gasteiger partial charge in [0.1, 0.15) is 0 Å². The van der Waals surface area contributed by atoms with Crippen molar-refractivity contribution in [2.75, 3.05) is 0 Å². The minimum Gasteiger partial charge on any atom is -0.441 e. The van der Waals surface area contributed by atoms with Gasteiger partial charge in [-0.15, -0.1) is 0 Å². The Balaban J connectivity index is 1.87. The highest BCUT2D eigenvalue weighted by Gasteiger charge is 2.40. The molecule has 0 amide bonds. The van der Waals surface area contributed by atoms with Crippen LogP contribution in [0.1, 0.15) is 76.1 Å². The van der Waals surface area contributed by atoms with Crippen LogP contribution in [0, 0.1) is 33.8 Å². The molecule has 0 aromatic heterocycles. The zero-order valence-electron chi connectivity index (χ0n) is 20.2. The summed E-state index contributed by atoms with van der Waals surface area (Å²) in [6.07, 6.45) is 7.92. The fourth-order valence-corrected chi connectivity index (χ4v) is 3.62. The van der Waals surface area contributed by atoms with Crippen LogP contribution in [0.3, 0.4) is 0 Å². The van der Waals surface area contributed by atoms with Crippen molar-refractivity contribution in [3.8, 4) is 23.7 Å². The van der Waals surface area contributed by atoms with Crippen LogP contribution < -0.4 is 0 Å². The third-order valence-electron chi connectivity index (χ3n) is 5.31. The number of hydrogen-bond acceptors (Lipinski definition) is 6. The summed E-state index contributed by atoms with van der Waals surface area (Å²) in [6, 6.07) is 5.15. The molecule has 34 heavy (non-hydrogen) atoms. The molecule has 1 aromatic carbocycles. The lowest BCUT2D eigenvalue weighted by Gasteiger charge is -2.16. The average molecular weight is 468 g/mol. The SMILES string of the molecule is C=C[C@@H](C#CC#CC[C@H]1OC(C)(C)O[C@@H]1CCCCCCC)OC(=O)c1ccc([N+](=O)[O-])cc1. The van der Waals surface area contributed by atoms with Crippen molar-refractivity contribution in [1.82, 2.24) is 0 Å². The molecule has 2 rings (SSSR count). The number of esters is 1. The van der Waals surface area contributed by atoms with Crippen molar-refractivity contribution in [3.05, 3.63) is 52.6 Å². The quantitative estimate of drug-likeness (QED) is 0.105. The Labute approximate surface area is 202 Å². The van der Waals surface area contributed by atoms with Crippen LogP contribution in [0.2, 0.25) is 0 Å². The summed E-state index contributed by atoms with van der Waals surface area (Å²) >= 11 is 0. The topological polar surface area (TPSA) is 87.9 Å². The zero-order valence-corrected chi connectivity index (χ0v) is 20.2. The maximum atomic E-state index is 12.2. The second kappa shape index (κ2) is 13.5. The Morgan fingerprint density at radius 1 is 1.18 bits per heavy atom. The Hall–Kier alpha value is -3.13. The molecule has 1 saturated heterocycles. The highest BCUT2D eigenvalue weighted by atomic mass is 16.7. The number of nitro benzene ring substituents is 1. The summed E-state index contributed by atoms with van der Waals surface area (Å²) in [5.41, 5.74) is 0.0812. The Bertz CT molecular complexity index is 961. The van der Waals surface area contributed by atoms with E-state index in [0.717, 1.165) is 12.8 Å². The van der Waals surface area contributed by atoms with Gasteiger partial charge in [-0.05, 0) is 56.2 Å². The summed E-state index contributed by atoms with van der Waals surface area (Å²) in [7, 11) is 0. The standard InChI is InChI=1S/C27H33NO6/c1-5-7-8-9-12-15-24-25(34-27(3,4)33-24)16-13-10-11-14-23(6-2)32-26(29)21-17-19-22(20-18-21)28(30)31/h6,17-20,23-25H,2,5,7-9,12,15-16H2,1,3-4H3/t23-,24+,25+/m0/s1. The van der Waals surface area contributed by atoms with Gasteiger partial charge < -0.3 is 14.2 Å². The molecule has 182 valence electrons. The third kappa shape index (κ3) is 9.02. The van der Waals surface area contributed by atoms with Gasteiger partial charge in [0, 0.05) is 18.6 Å². The van der Waals surface area contributed by atoms with Crippen molar-refractivity contribution in [3.63, 3.8) is 0 Å². The van der Waals surface area contributed by atoms with Gasteiger partial charge in [-0.3, -0.25) is 10.1 Å². The molecule has 0 radical (unpaired) electrons. The average Bonchev–Trinajstić information content (AvgIpc) is 3.10. The first kappa shape index (κ1) is 27.1. The number of carbonyl (C=O) groups is 1. The van der Waals surface area contributed by atoms with E-state index in [0.29, 0.717) is 6.42 Å². The molecular weight excluding hydrogens is 434 g/mol. The van der Waals surface area contributed by atoms with E-state index in [9.17, 15) is 14.9 Å². The number of nitrogens with zero attached hydrogens (tertiary/aromatic N) is 1. The van der Waals surface area contributed by atoms with Crippen LogP contribution in [0.5, 0.6) is 0 Å². The van der Waals surface area contributed by atoms with E-state index in [4.69, 9.17) is 14.2 Å². The van der Waals surface area contributed by atoms with E-state index in [-0.39, 0.29) is 23.5 Å². The molecule has 7 nitrogen and oxygen atoms in total. The molecule has 1 aliphatic rings. The van der Waals surface area contributed by atoms with Crippen LogP contribution in [-0.2, 0) is 14.2 Å². The normalized spacial score (nSPS) is 19.1. The highest BCUT2D eigenvalue weighted by molar-refractivity contribution is 5.90. The van der Waals surface area contributed by atoms with E-state index >= 15 is 0 Å². The van der Waals surface area contributed by atoms with Crippen molar-refractivity contribution in [1.29, 1.82) is 0 Å². The van der Waals surface area contributed by atoms with Gasteiger partial charge in [-0.25, -0.2) is 4.79 Å². The summed E-state index contributed by atoms with van der Waals surface area (Å²) in [5, 5.41) is 10.7. The molecule has 1 fully saturated rings. The molecule has 3 atom stereocenters. The van der Waals surface area contributed by atoms with E-state index in [1.807, 2.05) is 13.8 Å². The molecule has 1 heterocycles. The number of rotatable bonds is 11. The first-order valence-corrected chi connectivity index (χ1v) is 11.7. The molecule has 0 spiro atoms. The Morgan fingerprint density at radius 2 is 1.85 bits per heavy atom. The molecule has 0 N–H and O–H groups in total. The molecule has 1 aromatic rings. The maximum Gasteiger partial charge on any atom is 0.339 e. The minimum atomic E-state index is -0.849. The second-order valence-electron chi connectivity index (χ2n) is 8.56. The van der Waals surface area contributed by atoms with Gasteiger partial charge in [0.25, 0.3) is 5.69 Å². The van der Waals surface area contributed by atoms with Crippen LogP contribution in [-0.4, -0.2) is 35.0 Å². The lowest BCUT2D eigenvalue weighted by atomic mass is 10.0. The summed E-state index contributed by atoms with van der Waals surface area (Å²) < 4.78 is 17.3. The van der Waals surface area contributed by atoms with Gasteiger partial charge in [-0.2, -0.15) is 0 Å². The fraction of sp³-hybridized carbons (Fsp3) is 0.519. The van der Waals surface area contributed by atoms with Gasteiger partial charge in [-0.1, -0.05) is 51.5 Å². The summed E-state index contributed by atoms with van der Waals surface area (Å²) in [6.45, 7) is 9.66. The van der Waals surface area contributed by atoms with Crippen LogP contribution >= 0.6 is 0 Å². The smallest absolute Gasteiger partial charge is 0.339 e. The number of unbranched alkanes of at least 4 members (excludes halogenated alkanes) is 4. The van der Waals surface area contributed by atoms with Crippen molar-refractivity contribution in [2.45, 2.75) is 89.8 Å². The van der Waals surface area contributed by atoms with Crippen LogP contribution in [0.15, 0.2) is 36.9 Å². The molecule has 1 aliphatic heterocycles. The predicted octanol–water partition coefficient (Wildman–Crippen LogP) is 5.58. The lowest BCUT2D eigenvalue weighted by Crippen LogP contribution is -2.21. The minimum absolute atomic E-state index is 0.0162. The van der Waals surface area contributed by atoms with Crippen molar-refractivity contribution >= 4 is 11.7 Å². The van der Waals surface area contributed by atoms with E-state index < -0.39 is 22.8 Å². The maximum absolute atomic E-state index is 12.2. The molecule has 0 unspecified atom stereocenters. The fourth-order valence-electron chi connectivity index (χ4n) is 3.62. The van der Waals surface area contributed by atoms with Crippen molar-refractivity contribution in [2.24, 2.45) is 0 Å². The van der Waals surface area contributed by atoms with Crippen LogP contribution in [0.25, 0.3) is 0 Å². The Morgan fingerprint density at radius 3 is 2.50 bits per heavy atom. The Kier molecular flexibility index (Phi) is 10.8. The predicted molar refractivity (Wildman–Crippen MR) is 130 cm³/mol. The number of carbonyl (C=O) groups excluding carboxylic acids is 1. The van der Waals surface area contributed by atoms with E-state index in [1.165, 1.54) is 56.0 Å². The van der Waals surface area contributed by atoms with Crippen molar-refractivity contribution < 1.29 is 23.9 Å². The van der Waals surface area contributed by atoms with Gasteiger partial charge in [0.05, 0.1) is 22.7 Å². The first-order chi connectivity index (χ1) is 16.3. The van der Waals surface area contributed by atoms with Gasteiger partial charge in [0.2, 0.25) is 0 Å². The van der Waals surface area contributed by atoms with E-state index in [2.05, 4.69) is 37.2 Å². The number of non-ortho nitro benzene ring substituents is 1. The third-order valence-corrected chi connectivity index (χ3v) is 5.31. The highest BCUT2D eigenvalue weighted by Crippen LogP contribution is 2.32. The molecule has 7 heteroatoms. The lowest BCUT2D eigenvalue weighted by molar-refractivity contribution is -0.384. The van der Waals surface area contributed by atoms with Gasteiger partial charge >= 0.3 is 5.97 Å². The number of hydrogen-bond donors (Lipinski definition) is 0. The molecule has 0 bridgehead atoms. The first-order valence-electron chi connectivity index (χ1n) is 11.7. The molecular formula is C27H33NO6. The largest absolute Gasteiger partial charge is 0.441 e. The monoisotopic (exact) mass is 467 g/mol. The van der Waals surface area contributed by atoms with E-state index in [1.54, 1.807) is 0 Å². The zero-order chi connectivity index (χ0) is 25.0. The van der Waals surface area contributed by atoms with Gasteiger partial charge in [0.15, 0.2) is 11.9 Å². The number of benzene rings is 1. The summed E-state index contributed by atoms with van der Waals surface area (Å²) in [5.74, 6) is 9.97. The number of nitro groups is 1. The summed E-state index contributed by atoms with van der Waals surface area (Å²) in [4.78, 5) is 22.4. The molecule has 0 aliphatic carbocycles. The number of ether oxygens (including phenoxy) is 3. The molecule has 0 saturated carbocycles.